The minimum Gasteiger partial charge on any atom is -0.294 e. The average molecular weight is 457 g/mol. The number of hydrogen-bond acceptors (Lipinski definition) is 4. The van der Waals surface area contributed by atoms with Gasteiger partial charge in [-0.2, -0.15) is 4.31 Å². The predicted molar refractivity (Wildman–Crippen MR) is 117 cm³/mol. The zero-order valence-corrected chi connectivity index (χ0v) is 17.9. The third kappa shape index (κ3) is 4.44. The first-order valence-corrected chi connectivity index (χ1v) is 11.3. The van der Waals surface area contributed by atoms with E-state index in [2.05, 4.69) is 4.98 Å². The smallest absolute Gasteiger partial charge is 0.243 e. The average Bonchev–Trinajstić information content (AvgIpc) is 2.77. The molecule has 2 heterocycles. The van der Waals surface area contributed by atoms with E-state index in [1.807, 2.05) is 0 Å². The van der Waals surface area contributed by atoms with Crippen molar-refractivity contribution < 1.29 is 17.6 Å². The number of ketones is 1. The van der Waals surface area contributed by atoms with Gasteiger partial charge in [-0.1, -0.05) is 35.9 Å². The number of carbonyl (C=O) groups excluding carboxylic acids is 1. The predicted octanol–water partition coefficient (Wildman–Crippen LogP) is 4.31. The Hall–Kier alpha value is -2.87. The lowest BCUT2D eigenvalue weighted by atomic mass is 9.87. The molecule has 1 atom stereocenters. The van der Waals surface area contributed by atoms with Gasteiger partial charge in [0.1, 0.15) is 5.82 Å². The first kappa shape index (κ1) is 21.4. The highest BCUT2D eigenvalue weighted by Crippen LogP contribution is 2.31. The summed E-state index contributed by atoms with van der Waals surface area (Å²) in [5.41, 5.74) is 1.03. The SMILES string of the molecule is O=C1C(=Cc2ccccc2F)CN(S(=O)(=O)c2ccc(Cl)cc2)CC1c1cccnc1. The molecule has 3 aromatic rings. The summed E-state index contributed by atoms with van der Waals surface area (Å²) >= 11 is 5.89. The fourth-order valence-electron chi connectivity index (χ4n) is 3.52. The van der Waals surface area contributed by atoms with Crippen molar-refractivity contribution in [3.05, 3.63) is 101 Å². The highest BCUT2D eigenvalue weighted by Gasteiger charge is 2.38. The number of nitrogens with zero attached hydrogens (tertiary/aromatic N) is 2. The van der Waals surface area contributed by atoms with Gasteiger partial charge in [-0.15, -0.1) is 0 Å². The Morgan fingerprint density at radius 1 is 1.06 bits per heavy atom. The van der Waals surface area contributed by atoms with Gasteiger partial charge in [-0.25, -0.2) is 12.8 Å². The lowest BCUT2D eigenvalue weighted by Crippen LogP contribution is -2.44. The van der Waals surface area contributed by atoms with Crippen LogP contribution in [0.25, 0.3) is 6.08 Å². The monoisotopic (exact) mass is 456 g/mol. The summed E-state index contributed by atoms with van der Waals surface area (Å²) in [7, 11) is -3.91. The maximum absolute atomic E-state index is 14.2. The summed E-state index contributed by atoms with van der Waals surface area (Å²) in [4.78, 5) is 17.4. The van der Waals surface area contributed by atoms with Crippen molar-refractivity contribution in [2.45, 2.75) is 10.8 Å². The maximum Gasteiger partial charge on any atom is 0.243 e. The number of rotatable bonds is 4. The molecule has 4 rings (SSSR count). The van der Waals surface area contributed by atoms with Crippen LogP contribution in [0.5, 0.6) is 0 Å². The normalized spacial score (nSPS) is 19.0. The number of aromatic nitrogens is 1. The van der Waals surface area contributed by atoms with Gasteiger partial charge in [-0.05, 0) is 48.0 Å². The molecule has 0 radical (unpaired) electrons. The summed E-state index contributed by atoms with van der Waals surface area (Å²) in [6.07, 6.45) is 4.54. The second-order valence-corrected chi connectivity index (χ2v) is 9.52. The Bertz CT molecular complexity index is 1250. The molecule has 31 heavy (non-hydrogen) atoms. The highest BCUT2D eigenvalue weighted by molar-refractivity contribution is 7.89. The largest absolute Gasteiger partial charge is 0.294 e. The standard InChI is InChI=1S/C23H18ClFN2O3S/c24-19-7-9-20(10-8-19)31(29,30)27-14-18(12-16-4-1-2-6-22(16)25)23(28)21(15-27)17-5-3-11-26-13-17/h1-13,21H,14-15H2. The molecule has 1 saturated heterocycles. The van der Waals surface area contributed by atoms with Gasteiger partial charge in [0.15, 0.2) is 5.78 Å². The molecule has 0 amide bonds. The molecule has 2 aromatic carbocycles. The minimum atomic E-state index is -3.91. The molecule has 1 fully saturated rings. The number of halogens is 2. The van der Waals surface area contributed by atoms with Gasteiger partial charge in [0.2, 0.25) is 10.0 Å². The van der Waals surface area contributed by atoms with Crippen molar-refractivity contribution in [3.63, 3.8) is 0 Å². The molecule has 158 valence electrons. The van der Waals surface area contributed by atoms with E-state index in [9.17, 15) is 17.6 Å². The van der Waals surface area contributed by atoms with Crippen LogP contribution in [0.2, 0.25) is 5.02 Å². The number of carbonyl (C=O) groups is 1. The second kappa shape index (κ2) is 8.70. The van der Waals surface area contributed by atoms with E-state index in [1.54, 1.807) is 42.7 Å². The molecule has 0 saturated carbocycles. The minimum absolute atomic E-state index is 0.0376. The Morgan fingerprint density at radius 2 is 1.81 bits per heavy atom. The second-order valence-electron chi connectivity index (χ2n) is 7.15. The molecule has 0 N–H and O–H groups in total. The summed E-state index contributed by atoms with van der Waals surface area (Å²) < 4.78 is 42.1. The van der Waals surface area contributed by atoms with Crippen LogP contribution in [0.4, 0.5) is 4.39 Å². The number of pyridine rings is 1. The molecule has 0 spiro atoms. The van der Waals surface area contributed by atoms with Crippen LogP contribution < -0.4 is 0 Å². The summed E-state index contributed by atoms with van der Waals surface area (Å²) in [6, 6.07) is 15.3. The quantitative estimate of drug-likeness (QED) is 0.548. The fraction of sp³-hybridized carbons (Fsp3) is 0.130. The van der Waals surface area contributed by atoms with Crippen molar-refractivity contribution in [1.82, 2.24) is 9.29 Å². The Balaban J connectivity index is 1.78. The zero-order chi connectivity index (χ0) is 22.0. The van der Waals surface area contributed by atoms with Crippen LogP contribution in [0.3, 0.4) is 0 Å². The molecule has 8 heteroatoms. The third-order valence-corrected chi connectivity index (χ3v) is 7.22. The van der Waals surface area contributed by atoms with Crippen molar-refractivity contribution >= 4 is 33.5 Å². The number of Topliss-reactive ketones (excluding diaryl/α,β-unsaturated/α-hetero) is 1. The van der Waals surface area contributed by atoms with Gasteiger partial charge in [0, 0.05) is 41.6 Å². The first-order valence-electron chi connectivity index (χ1n) is 9.51. The molecule has 1 aliphatic heterocycles. The number of sulfonamides is 1. The van der Waals surface area contributed by atoms with Crippen molar-refractivity contribution in [1.29, 1.82) is 0 Å². The van der Waals surface area contributed by atoms with Crippen LogP contribution in [-0.2, 0) is 14.8 Å². The molecular weight excluding hydrogens is 439 g/mol. The van der Waals surface area contributed by atoms with Gasteiger partial charge >= 0.3 is 0 Å². The lowest BCUT2D eigenvalue weighted by Gasteiger charge is -2.32. The van der Waals surface area contributed by atoms with Crippen LogP contribution in [0.1, 0.15) is 17.0 Å². The van der Waals surface area contributed by atoms with E-state index >= 15 is 0 Å². The van der Waals surface area contributed by atoms with Gasteiger partial charge in [-0.3, -0.25) is 9.78 Å². The summed E-state index contributed by atoms with van der Waals surface area (Å²) in [6.45, 7) is -0.195. The van der Waals surface area contributed by atoms with Gasteiger partial charge in [0.25, 0.3) is 0 Å². The molecule has 0 aliphatic carbocycles. The summed E-state index contributed by atoms with van der Waals surface area (Å²) in [5, 5.41) is 0.418. The number of piperidine rings is 1. The van der Waals surface area contributed by atoms with Crippen LogP contribution in [-0.4, -0.2) is 36.6 Å². The zero-order valence-electron chi connectivity index (χ0n) is 16.3. The maximum atomic E-state index is 14.2. The Labute approximate surface area is 184 Å². The van der Waals surface area contributed by atoms with Crippen LogP contribution in [0.15, 0.2) is 83.5 Å². The molecule has 5 nitrogen and oxygen atoms in total. The molecular formula is C23H18ClFN2O3S. The van der Waals surface area contributed by atoms with Crippen LogP contribution >= 0.6 is 11.6 Å². The highest BCUT2D eigenvalue weighted by atomic mass is 35.5. The molecule has 1 aromatic heterocycles. The Kier molecular flexibility index (Phi) is 6.00. The number of hydrogen-bond donors (Lipinski definition) is 0. The topological polar surface area (TPSA) is 67.3 Å². The molecule has 1 unspecified atom stereocenters. The number of benzene rings is 2. The summed E-state index contributed by atoms with van der Waals surface area (Å²) in [5.74, 6) is -1.49. The van der Waals surface area contributed by atoms with E-state index in [0.29, 0.717) is 10.6 Å². The Morgan fingerprint density at radius 3 is 2.48 bits per heavy atom. The molecule has 1 aliphatic rings. The van der Waals surface area contributed by atoms with Crippen molar-refractivity contribution in [3.8, 4) is 0 Å². The van der Waals surface area contributed by atoms with Gasteiger partial charge in [0.05, 0.1) is 10.8 Å². The van der Waals surface area contributed by atoms with E-state index in [-0.39, 0.29) is 34.9 Å². The van der Waals surface area contributed by atoms with E-state index in [1.165, 1.54) is 40.7 Å². The van der Waals surface area contributed by atoms with Crippen molar-refractivity contribution in [2.75, 3.05) is 13.1 Å². The first-order chi connectivity index (χ1) is 14.9. The third-order valence-electron chi connectivity index (χ3n) is 5.14. The fourth-order valence-corrected chi connectivity index (χ4v) is 5.08. The molecule has 0 bridgehead atoms. The lowest BCUT2D eigenvalue weighted by molar-refractivity contribution is -0.118. The van der Waals surface area contributed by atoms with E-state index < -0.39 is 21.8 Å². The van der Waals surface area contributed by atoms with Gasteiger partial charge < -0.3 is 0 Å². The van der Waals surface area contributed by atoms with E-state index in [0.717, 1.165) is 0 Å². The van der Waals surface area contributed by atoms with E-state index in [4.69, 9.17) is 11.6 Å². The van der Waals surface area contributed by atoms with Crippen molar-refractivity contribution in [2.24, 2.45) is 0 Å². The van der Waals surface area contributed by atoms with Crippen LogP contribution in [0, 0.1) is 5.82 Å².